The van der Waals surface area contributed by atoms with Gasteiger partial charge in [0.25, 0.3) is 5.91 Å². The van der Waals surface area contributed by atoms with Crippen molar-refractivity contribution >= 4 is 5.91 Å². The third-order valence-electron chi connectivity index (χ3n) is 3.08. The van der Waals surface area contributed by atoms with Gasteiger partial charge in [-0.25, -0.2) is 0 Å². The summed E-state index contributed by atoms with van der Waals surface area (Å²) in [7, 11) is 1.95. The van der Waals surface area contributed by atoms with Gasteiger partial charge >= 0.3 is 0 Å². The van der Waals surface area contributed by atoms with Crippen LogP contribution >= 0.6 is 0 Å². The van der Waals surface area contributed by atoms with Crippen LogP contribution in [0.5, 0.6) is 0 Å². The smallest absolute Gasteiger partial charge is 0.251 e. The van der Waals surface area contributed by atoms with Gasteiger partial charge in [0.2, 0.25) is 0 Å². The van der Waals surface area contributed by atoms with E-state index in [9.17, 15) is 4.79 Å². The second kappa shape index (κ2) is 4.61. The van der Waals surface area contributed by atoms with Gasteiger partial charge in [-0.3, -0.25) is 9.78 Å². The summed E-state index contributed by atoms with van der Waals surface area (Å²) in [6, 6.07) is 3.46. The Labute approximate surface area is 95.5 Å². The molecule has 1 fully saturated rings. The molecule has 0 aliphatic heterocycles. The van der Waals surface area contributed by atoms with Crippen LogP contribution in [-0.2, 0) is 0 Å². The highest BCUT2D eigenvalue weighted by molar-refractivity contribution is 5.93. The summed E-state index contributed by atoms with van der Waals surface area (Å²) in [6.07, 6.45) is 5.67. The Bertz CT molecular complexity index is 360. The molecule has 4 nitrogen and oxygen atoms in total. The molecule has 86 valence electrons. The van der Waals surface area contributed by atoms with Crippen molar-refractivity contribution in [3.63, 3.8) is 0 Å². The van der Waals surface area contributed by atoms with E-state index in [-0.39, 0.29) is 5.91 Å². The third-order valence-corrected chi connectivity index (χ3v) is 3.08. The molecule has 16 heavy (non-hydrogen) atoms. The Balaban J connectivity index is 1.85. The van der Waals surface area contributed by atoms with Crippen LogP contribution in [0.25, 0.3) is 0 Å². The van der Waals surface area contributed by atoms with Crippen LogP contribution in [0.1, 0.15) is 23.2 Å². The number of carbonyl (C=O) groups is 1. The maximum absolute atomic E-state index is 11.8. The van der Waals surface area contributed by atoms with Crippen LogP contribution in [0.15, 0.2) is 24.5 Å². The maximum Gasteiger partial charge on any atom is 0.251 e. The first-order valence-corrected chi connectivity index (χ1v) is 5.59. The van der Waals surface area contributed by atoms with E-state index in [0.717, 1.165) is 13.1 Å². The Morgan fingerprint density at radius 1 is 1.38 bits per heavy atom. The molecule has 0 radical (unpaired) electrons. The minimum absolute atomic E-state index is 0.00946. The predicted octanol–water partition coefficient (Wildman–Crippen LogP) is 0.811. The first-order valence-electron chi connectivity index (χ1n) is 5.59. The van der Waals surface area contributed by atoms with Gasteiger partial charge in [0.1, 0.15) is 0 Å². The summed E-state index contributed by atoms with van der Waals surface area (Å²) in [4.78, 5) is 15.7. The van der Waals surface area contributed by atoms with Crippen LogP contribution in [-0.4, -0.2) is 31.0 Å². The zero-order valence-corrected chi connectivity index (χ0v) is 9.49. The van der Waals surface area contributed by atoms with Crippen molar-refractivity contribution in [1.82, 2.24) is 15.6 Å². The van der Waals surface area contributed by atoms with Gasteiger partial charge in [-0.2, -0.15) is 0 Å². The summed E-state index contributed by atoms with van der Waals surface area (Å²) < 4.78 is 0. The predicted molar refractivity (Wildman–Crippen MR) is 62.2 cm³/mol. The van der Waals surface area contributed by atoms with Crippen LogP contribution in [0.4, 0.5) is 0 Å². The fourth-order valence-electron chi connectivity index (χ4n) is 1.84. The molecule has 1 heterocycles. The number of nitrogens with zero attached hydrogens (tertiary/aromatic N) is 1. The minimum atomic E-state index is -0.00946. The van der Waals surface area contributed by atoms with Crippen molar-refractivity contribution in [1.29, 1.82) is 0 Å². The van der Waals surface area contributed by atoms with Crippen LogP contribution in [0, 0.1) is 5.41 Å². The first kappa shape index (κ1) is 11.1. The van der Waals surface area contributed by atoms with E-state index in [2.05, 4.69) is 15.6 Å². The first-order chi connectivity index (χ1) is 7.76. The number of aromatic nitrogens is 1. The molecule has 0 saturated heterocycles. The third kappa shape index (κ3) is 2.58. The number of amides is 1. The lowest BCUT2D eigenvalue weighted by molar-refractivity contribution is 0.0944. The summed E-state index contributed by atoms with van der Waals surface area (Å²) in [5.41, 5.74) is 0.979. The highest BCUT2D eigenvalue weighted by Crippen LogP contribution is 2.44. The Hall–Kier alpha value is -1.42. The molecule has 2 N–H and O–H groups in total. The van der Waals surface area contributed by atoms with Gasteiger partial charge in [-0.15, -0.1) is 0 Å². The number of nitrogens with one attached hydrogen (secondary N) is 2. The van der Waals surface area contributed by atoms with Crippen molar-refractivity contribution in [2.24, 2.45) is 5.41 Å². The quantitative estimate of drug-likeness (QED) is 0.770. The molecule has 1 aliphatic rings. The maximum atomic E-state index is 11.8. The van der Waals surface area contributed by atoms with Gasteiger partial charge in [0, 0.05) is 36.5 Å². The molecule has 1 saturated carbocycles. The van der Waals surface area contributed by atoms with Gasteiger partial charge in [0.05, 0.1) is 0 Å². The Kier molecular flexibility index (Phi) is 3.19. The summed E-state index contributed by atoms with van der Waals surface area (Å²) in [5.74, 6) is -0.00946. The van der Waals surface area contributed by atoms with Crippen molar-refractivity contribution in [2.75, 3.05) is 20.1 Å². The molecule has 2 rings (SSSR count). The van der Waals surface area contributed by atoms with Crippen molar-refractivity contribution in [3.05, 3.63) is 30.1 Å². The largest absolute Gasteiger partial charge is 0.351 e. The van der Waals surface area contributed by atoms with Gasteiger partial charge in [-0.1, -0.05) is 0 Å². The van der Waals surface area contributed by atoms with E-state index in [0.29, 0.717) is 11.0 Å². The second-order valence-electron chi connectivity index (χ2n) is 4.45. The monoisotopic (exact) mass is 219 g/mol. The topological polar surface area (TPSA) is 54.0 Å². The van der Waals surface area contributed by atoms with Gasteiger partial charge < -0.3 is 10.6 Å². The van der Waals surface area contributed by atoms with E-state index in [1.54, 1.807) is 24.5 Å². The summed E-state index contributed by atoms with van der Waals surface area (Å²) >= 11 is 0. The summed E-state index contributed by atoms with van der Waals surface area (Å²) in [6.45, 7) is 1.73. The zero-order chi connectivity index (χ0) is 11.4. The van der Waals surface area contributed by atoms with Gasteiger partial charge in [0.15, 0.2) is 0 Å². The second-order valence-corrected chi connectivity index (χ2v) is 4.45. The summed E-state index contributed by atoms with van der Waals surface area (Å²) in [5, 5.41) is 6.15. The number of hydrogen-bond donors (Lipinski definition) is 2. The van der Waals surface area contributed by atoms with Crippen LogP contribution in [0.2, 0.25) is 0 Å². The molecule has 0 aromatic carbocycles. The van der Waals surface area contributed by atoms with E-state index in [1.165, 1.54) is 12.8 Å². The lowest BCUT2D eigenvalue weighted by Gasteiger charge is -2.15. The molecule has 0 spiro atoms. The number of rotatable bonds is 5. The Morgan fingerprint density at radius 2 is 2.06 bits per heavy atom. The lowest BCUT2D eigenvalue weighted by atomic mass is 10.1. The van der Waals surface area contributed by atoms with Crippen molar-refractivity contribution < 1.29 is 4.79 Å². The Morgan fingerprint density at radius 3 is 2.62 bits per heavy atom. The molecule has 4 heteroatoms. The SMILES string of the molecule is CNCC1(CNC(=O)c2ccncc2)CC1. The van der Waals surface area contributed by atoms with Crippen LogP contribution in [0.3, 0.4) is 0 Å². The van der Waals surface area contributed by atoms with E-state index in [1.807, 2.05) is 7.05 Å². The number of hydrogen-bond acceptors (Lipinski definition) is 3. The van der Waals surface area contributed by atoms with Gasteiger partial charge in [-0.05, 0) is 32.0 Å². The highest BCUT2D eigenvalue weighted by atomic mass is 16.1. The number of carbonyl (C=O) groups excluding carboxylic acids is 1. The minimum Gasteiger partial charge on any atom is -0.351 e. The molecule has 0 bridgehead atoms. The van der Waals surface area contributed by atoms with E-state index < -0.39 is 0 Å². The van der Waals surface area contributed by atoms with E-state index in [4.69, 9.17) is 0 Å². The molecule has 0 atom stereocenters. The average Bonchev–Trinajstić information content (AvgIpc) is 3.08. The highest BCUT2D eigenvalue weighted by Gasteiger charge is 2.41. The standard InChI is InChI=1S/C12H17N3O/c1-13-8-12(4-5-12)9-15-11(16)10-2-6-14-7-3-10/h2-3,6-7,13H,4-5,8-9H2,1H3,(H,15,16). The van der Waals surface area contributed by atoms with E-state index >= 15 is 0 Å². The molecule has 1 aromatic rings. The molecule has 1 aliphatic carbocycles. The fourth-order valence-corrected chi connectivity index (χ4v) is 1.84. The number of pyridine rings is 1. The molecule has 1 aromatic heterocycles. The molecular formula is C12H17N3O. The van der Waals surface area contributed by atoms with Crippen molar-refractivity contribution in [3.8, 4) is 0 Å². The molecule has 1 amide bonds. The fraction of sp³-hybridized carbons (Fsp3) is 0.500. The lowest BCUT2D eigenvalue weighted by Crippen LogP contribution is -2.34. The molecular weight excluding hydrogens is 202 g/mol. The zero-order valence-electron chi connectivity index (χ0n) is 9.49. The average molecular weight is 219 g/mol. The normalized spacial score (nSPS) is 16.8. The molecule has 0 unspecified atom stereocenters. The van der Waals surface area contributed by atoms with Crippen molar-refractivity contribution in [2.45, 2.75) is 12.8 Å². The van der Waals surface area contributed by atoms with Crippen LogP contribution < -0.4 is 10.6 Å².